The van der Waals surface area contributed by atoms with Crippen molar-refractivity contribution in [3.8, 4) is 0 Å². The summed E-state index contributed by atoms with van der Waals surface area (Å²) in [5.41, 5.74) is 0.914. The van der Waals surface area contributed by atoms with Crippen molar-refractivity contribution >= 4 is 28.6 Å². The van der Waals surface area contributed by atoms with Gasteiger partial charge in [0, 0.05) is 19.4 Å². The van der Waals surface area contributed by atoms with Gasteiger partial charge < -0.3 is 4.74 Å². The zero-order valence-electron chi connectivity index (χ0n) is 12.7. The Kier molecular flexibility index (Phi) is 3.98. The first-order valence-corrected chi connectivity index (χ1v) is 8.59. The molecule has 122 valence electrons. The maximum Gasteiger partial charge on any atom is 0.359 e. The number of ether oxygens (including phenoxy) is 1. The van der Waals surface area contributed by atoms with Gasteiger partial charge in [-0.25, -0.2) is 13.6 Å². The molecular formula is C15H19F2IN2O2. The molecule has 1 aromatic rings. The number of carbonyl (C=O) groups is 1. The molecule has 0 amide bonds. The quantitative estimate of drug-likeness (QED) is 0.550. The monoisotopic (exact) mass is 424 g/mol. The molecule has 0 N–H and O–H groups in total. The van der Waals surface area contributed by atoms with Crippen molar-refractivity contribution in [2.75, 3.05) is 6.61 Å². The molecule has 2 heterocycles. The standard InChI is InChI=1S/C15H19F2IN2O2/c1-9(2)6-22-13(21)12-11(18)10-5-14(3-4-20(10)19-12)7-15(16,17)8-14/h9H,3-8H2,1-2H3. The normalized spacial score (nSPS) is 21.5. The van der Waals surface area contributed by atoms with Crippen LogP contribution in [0, 0.1) is 14.9 Å². The van der Waals surface area contributed by atoms with Crippen molar-refractivity contribution in [1.29, 1.82) is 0 Å². The van der Waals surface area contributed by atoms with E-state index in [0.717, 1.165) is 9.26 Å². The van der Waals surface area contributed by atoms with Crippen LogP contribution < -0.4 is 0 Å². The van der Waals surface area contributed by atoms with E-state index in [-0.39, 0.29) is 24.2 Å². The molecule has 1 spiro atoms. The van der Waals surface area contributed by atoms with E-state index in [2.05, 4.69) is 27.7 Å². The van der Waals surface area contributed by atoms with Crippen LogP contribution in [0.3, 0.4) is 0 Å². The highest BCUT2D eigenvalue weighted by Gasteiger charge is 2.57. The van der Waals surface area contributed by atoms with Crippen molar-refractivity contribution in [3.63, 3.8) is 0 Å². The van der Waals surface area contributed by atoms with Crippen molar-refractivity contribution in [1.82, 2.24) is 9.78 Å². The molecule has 0 bridgehead atoms. The fraction of sp³-hybridized carbons (Fsp3) is 0.733. The minimum atomic E-state index is -2.52. The van der Waals surface area contributed by atoms with Gasteiger partial charge in [-0.2, -0.15) is 5.10 Å². The first-order chi connectivity index (χ1) is 10.2. The van der Waals surface area contributed by atoms with Gasteiger partial charge in [-0.15, -0.1) is 0 Å². The van der Waals surface area contributed by atoms with Gasteiger partial charge in [0.15, 0.2) is 5.69 Å². The minimum Gasteiger partial charge on any atom is -0.461 e. The minimum absolute atomic E-state index is 0.0472. The Hall–Kier alpha value is -0.730. The zero-order valence-corrected chi connectivity index (χ0v) is 14.8. The van der Waals surface area contributed by atoms with E-state index >= 15 is 0 Å². The SMILES string of the molecule is CC(C)COC(=O)c1nn2c(c1I)CC1(CC2)CC(F)(F)C1. The summed E-state index contributed by atoms with van der Waals surface area (Å²) >= 11 is 2.09. The molecule has 22 heavy (non-hydrogen) atoms. The summed E-state index contributed by atoms with van der Waals surface area (Å²) in [4.78, 5) is 12.1. The summed E-state index contributed by atoms with van der Waals surface area (Å²) in [5.74, 6) is -2.68. The van der Waals surface area contributed by atoms with E-state index < -0.39 is 11.9 Å². The van der Waals surface area contributed by atoms with Crippen LogP contribution in [0.25, 0.3) is 0 Å². The number of nitrogens with zero attached hydrogens (tertiary/aromatic N) is 2. The maximum atomic E-state index is 13.3. The molecule has 0 aromatic carbocycles. The van der Waals surface area contributed by atoms with Crippen LogP contribution in [-0.2, 0) is 17.7 Å². The van der Waals surface area contributed by atoms with Gasteiger partial charge in [-0.3, -0.25) is 4.68 Å². The number of esters is 1. The van der Waals surface area contributed by atoms with Gasteiger partial charge in [-0.05, 0) is 46.8 Å². The summed E-state index contributed by atoms with van der Waals surface area (Å²) in [5, 5.41) is 4.34. The van der Waals surface area contributed by atoms with Crippen LogP contribution in [0.1, 0.15) is 49.3 Å². The van der Waals surface area contributed by atoms with Crippen LogP contribution in [0.15, 0.2) is 0 Å². The molecule has 0 radical (unpaired) electrons. The lowest BCUT2D eigenvalue weighted by Crippen LogP contribution is -2.50. The van der Waals surface area contributed by atoms with Crippen molar-refractivity contribution in [2.45, 2.75) is 52.0 Å². The van der Waals surface area contributed by atoms with Crippen LogP contribution in [0.2, 0.25) is 0 Å². The third-order valence-corrected chi connectivity index (χ3v) is 5.53. The third-order valence-electron chi connectivity index (χ3n) is 4.40. The number of rotatable bonds is 3. The molecule has 1 aliphatic carbocycles. The average Bonchev–Trinajstić information content (AvgIpc) is 2.71. The molecule has 0 unspecified atom stereocenters. The molecule has 1 saturated carbocycles. The molecule has 2 aliphatic rings. The van der Waals surface area contributed by atoms with Crippen LogP contribution in [0.5, 0.6) is 0 Å². The maximum absolute atomic E-state index is 13.3. The predicted octanol–water partition coefficient (Wildman–Crippen LogP) is 3.66. The Labute approximate surface area is 141 Å². The number of fused-ring (bicyclic) bond motifs is 1. The highest BCUT2D eigenvalue weighted by molar-refractivity contribution is 14.1. The zero-order chi connectivity index (χ0) is 16.1. The number of halogens is 3. The van der Waals surface area contributed by atoms with E-state index in [1.807, 2.05) is 13.8 Å². The first kappa shape index (κ1) is 16.1. The van der Waals surface area contributed by atoms with Crippen LogP contribution >= 0.6 is 22.6 Å². The van der Waals surface area contributed by atoms with Crippen molar-refractivity contribution < 1.29 is 18.3 Å². The Bertz CT molecular complexity index is 605. The Morgan fingerprint density at radius 2 is 2.14 bits per heavy atom. The summed E-state index contributed by atoms with van der Waals surface area (Å²) in [7, 11) is 0. The molecule has 3 rings (SSSR count). The van der Waals surface area contributed by atoms with Crippen LogP contribution in [0.4, 0.5) is 8.78 Å². The lowest BCUT2D eigenvalue weighted by Gasteiger charge is -2.49. The van der Waals surface area contributed by atoms with Crippen molar-refractivity contribution in [3.05, 3.63) is 15.0 Å². The molecule has 4 nitrogen and oxygen atoms in total. The molecule has 1 fully saturated rings. The fourth-order valence-electron chi connectivity index (χ4n) is 3.40. The Morgan fingerprint density at radius 1 is 1.45 bits per heavy atom. The van der Waals surface area contributed by atoms with Crippen molar-refractivity contribution in [2.24, 2.45) is 11.3 Å². The van der Waals surface area contributed by atoms with Gasteiger partial charge in [0.25, 0.3) is 0 Å². The number of alkyl halides is 2. The Morgan fingerprint density at radius 3 is 2.73 bits per heavy atom. The second-order valence-electron chi connectivity index (χ2n) is 6.96. The summed E-state index contributed by atoms with van der Waals surface area (Å²) in [6, 6.07) is 0. The predicted molar refractivity (Wildman–Crippen MR) is 85.0 cm³/mol. The van der Waals surface area contributed by atoms with E-state index in [0.29, 0.717) is 31.7 Å². The third kappa shape index (κ3) is 2.88. The van der Waals surface area contributed by atoms with Gasteiger partial charge in [-0.1, -0.05) is 13.8 Å². The molecule has 0 atom stereocenters. The van der Waals surface area contributed by atoms with Gasteiger partial charge in [0.1, 0.15) is 0 Å². The van der Waals surface area contributed by atoms with Crippen LogP contribution in [-0.4, -0.2) is 28.3 Å². The highest BCUT2D eigenvalue weighted by atomic mass is 127. The first-order valence-electron chi connectivity index (χ1n) is 7.52. The summed E-state index contributed by atoms with van der Waals surface area (Å²) in [6.07, 6.45) is 1.18. The molecular weight excluding hydrogens is 405 g/mol. The summed E-state index contributed by atoms with van der Waals surface area (Å²) < 4.78 is 34.3. The van der Waals surface area contributed by atoms with Gasteiger partial charge >= 0.3 is 5.97 Å². The van der Waals surface area contributed by atoms with E-state index in [1.165, 1.54) is 0 Å². The number of aryl methyl sites for hydroxylation is 1. The lowest BCUT2D eigenvalue weighted by molar-refractivity contribution is -0.169. The van der Waals surface area contributed by atoms with Gasteiger partial charge in [0.05, 0.1) is 15.9 Å². The highest BCUT2D eigenvalue weighted by Crippen LogP contribution is 2.57. The number of aromatic nitrogens is 2. The number of carbonyl (C=O) groups excluding carboxylic acids is 1. The smallest absolute Gasteiger partial charge is 0.359 e. The number of hydrogen-bond donors (Lipinski definition) is 0. The molecule has 1 aliphatic heterocycles. The fourth-order valence-corrected chi connectivity index (χ4v) is 4.20. The molecule has 1 aromatic heterocycles. The largest absolute Gasteiger partial charge is 0.461 e. The van der Waals surface area contributed by atoms with E-state index in [9.17, 15) is 13.6 Å². The molecule has 0 saturated heterocycles. The summed E-state index contributed by atoms with van der Waals surface area (Å²) in [6.45, 7) is 4.89. The number of hydrogen-bond acceptors (Lipinski definition) is 3. The Balaban J connectivity index is 1.77. The van der Waals surface area contributed by atoms with E-state index in [1.54, 1.807) is 4.68 Å². The van der Waals surface area contributed by atoms with E-state index in [4.69, 9.17) is 4.74 Å². The topological polar surface area (TPSA) is 44.1 Å². The molecule has 7 heteroatoms. The van der Waals surface area contributed by atoms with Gasteiger partial charge in [0.2, 0.25) is 5.92 Å². The average molecular weight is 424 g/mol. The lowest BCUT2D eigenvalue weighted by atomic mass is 9.61. The second kappa shape index (κ2) is 5.42. The second-order valence-corrected chi connectivity index (χ2v) is 8.04.